The van der Waals surface area contributed by atoms with Crippen LogP contribution in [-0.4, -0.2) is 12.5 Å². The smallest absolute Gasteiger partial charge is 0.223 e. The van der Waals surface area contributed by atoms with Crippen molar-refractivity contribution in [1.29, 1.82) is 0 Å². The summed E-state index contributed by atoms with van der Waals surface area (Å²) in [5, 5.41) is 3.21. The quantitative estimate of drug-likeness (QED) is 0.876. The first kappa shape index (κ1) is 18.0. The molecule has 21 heavy (non-hydrogen) atoms. The van der Waals surface area contributed by atoms with Crippen LogP contribution in [0.25, 0.3) is 0 Å². The molecule has 1 saturated carbocycles. The van der Waals surface area contributed by atoms with E-state index in [0.29, 0.717) is 12.5 Å². The van der Waals surface area contributed by atoms with Gasteiger partial charge in [-0.1, -0.05) is 43.2 Å². The van der Waals surface area contributed by atoms with Crippen LogP contribution in [0.2, 0.25) is 0 Å². The first-order chi connectivity index (χ1) is 9.65. The molecule has 0 heterocycles. The minimum absolute atomic E-state index is 0. The van der Waals surface area contributed by atoms with Gasteiger partial charge in [-0.05, 0) is 44.2 Å². The lowest BCUT2D eigenvalue weighted by atomic mass is 9.94. The Labute approximate surface area is 134 Å². The van der Waals surface area contributed by atoms with E-state index in [1.807, 2.05) is 0 Å². The van der Waals surface area contributed by atoms with Crippen LogP contribution in [0.1, 0.15) is 49.8 Å². The standard InChI is InChI=1S/C17H26N2O.ClH/c1-3-16(13-9-7-12(2)8-10-13)19-17(20)15-6-4-5-14(15)11-18;/h7-10,14-16H,3-6,11,18H2,1-2H3,(H,19,20);1H/t14-,15-,16?;/m1./s1. The summed E-state index contributed by atoms with van der Waals surface area (Å²) in [7, 11) is 0. The van der Waals surface area contributed by atoms with Gasteiger partial charge in [0.2, 0.25) is 5.91 Å². The molecule has 1 aromatic rings. The molecular formula is C17H27ClN2O. The molecule has 1 unspecified atom stereocenters. The maximum atomic E-state index is 12.5. The molecular weight excluding hydrogens is 284 g/mol. The van der Waals surface area contributed by atoms with Gasteiger partial charge in [0.1, 0.15) is 0 Å². The van der Waals surface area contributed by atoms with Crippen molar-refractivity contribution in [1.82, 2.24) is 5.32 Å². The molecule has 3 atom stereocenters. The van der Waals surface area contributed by atoms with Gasteiger partial charge < -0.3 is 11.1 Å². The second-order valence-corrected chi connectivity index (χ2v) is 5.91. The van der Waals surface area contributed by atoms with Crippen molar-refractivity contribution >= 4 is 18.3 Å². The zero-order valence-electron chi connectivity index (χ0n) is 13.0. The number of nitrogens with two attached hydrogens (primary N) is 1. The largest absolute Gasteiger partial charge is 0.349 e. The number of hydrogen-bond donors (Lipinski definition) is 2. The number of carbonyl (C=O) groups excluding carboxylic acids is 1. The number of rotatable bonds is 5. The lowest BCUT2D eigenvalue weighted by molar-refractivity contribution is -0.126. The Morgan fingerprint density at radius 1 is 1.33 bits per heavy atom. The SMILES string of the molecule is CCC(NC(=O)[C@@H]1CCC[C@@H]1CN)c1ccc(C)cc1.Cl. The maximum Gasteiger partial charge on any atom is 0.223 e. The predicted octanol–water partition coefficient (Wildman–Crippen LogP) is 3.36. The number of hydrogen-bond acceptors (Lipinski definition) is 2. The third-order valence-corrected chi connectivity index (χ3v) is 4.50. The van der Waals surface area contributed by atoms with Gasteiger partial charge in [-0.3, -0.25) is 4.79 Å². The lowest BCUT2D eigenvalue weighted by Gasteiger charge is -2.23. The Balaban J connectivity index is 0.00000220. The highest BCUT2D eigenvalue weighted by Gasteiger charge is 2.32. The van der Waals surface area contributed by atoms with Gasteiger partial charge in [0.25, 0.3) is 0 Å². The number of benzene rings is 1. The monoisotopic (exact) mass is 310 g/mol. The van der Waals surface area contributed by atoms with Crippen molar-refractivity contribution in [3.05, 3.63) is 35.4 Å². The van der Waals surface area contributed by atoms with Crippen LogP contribution in [0, 0.1) is 18.8 Å². The molecule has 0 aliphatic heterocycles. The number of aryl methyl sites for hydroxylation is 1. The Bertz CT molecular complexity index is 447. The zero-order chi connectivity index (χ0) is 14.5. The van der Waals surface area contributed by atoms with Crippen LogP contribution < -0.4 is 11.1 Å². The predicted molar refractivity (Wildman–Crippen MR) is 89.5 cm³/mol. The molecule has 1 amide bonds. The third kappa shape index (κ3) is 4.45. The van der Waals surface area contributed by atoms with E-state index in [1.165, 1.54) is 11.1 Å². The van der Waals surface area contributed by atoms with Crippen molar-refractivity contribution in [2.75, 3.05) is 6.54 Å². The minimum Gasteiger partial charge on any atom is -0.349 e. The van der Waals surface area contributed by atoms with Crippen molar-refractivity contribution in [3.63, 3.8) is 0 Å². The molecule has 1 aromatic carbocycles. The summed E-state index contributed by atoms with van der Waals surface area (Å²) in [5.74, 6) is 0.662. The van der Waals surface area contributed by atoms with Gasteiger partial charge >= 0.3 is 0 Å². The van der Waals surface area contributed by atoms with E-state index >= 15 is 0 Å². The molecule has 0 bridgehead atoms. The van der Waals surface area contributed by atoms with Gasteiger partial charge in [0.05, 0.1) is 6.04 Å². The topological polar surface area (TPSA) is 55.1 Å². The summed E-state index contributed by atoms with van der Waals surface area (Å²) in [6, 6.07) is 8.53. The van der Waals surface area contributed by atoms with E-state index < -0.39 is 0 Å². The van der Waals surface area contributed by atoms with E-state index in [4.69, 9.17) is 5.73 Å². The number of halogens is 1. The van der Waals surface area contributed by atoms with E-state index in [9.17, 15) is 4.79 Å². The van der Waals surface area contributed by atoms with Gasteiger partial charge in [-0.25, -0.2) is 0 Å². The summed E-state index contributed by atoms with van der Waals surface area (Å²) in [5.41, 5.74) is 8.21. The Morgan fingerprint density at radius 2 is 2.00 bits per heavy atom. The second kappa shape index (κ2) is 8.40. The molecule has 118 valence electrons. The van der Waals surface area contributed by atoms with Crippen LogP contribution in [0.4, 0.5) is 0 Å². The summed E-state index contributed by atoms with van der Waals surface area (Å²) in [6.07, 6.45) is 4.12. The average Bonchev–Trinajstić information content (AvgIpc) is 2.94. The maximum absolute atomic E-state index is 12.5. The van der Waals surface area contributed by atoms with Crippen molar-refractivity contribution in [2.45, 2.75) is 45.6 Å². The van der Waals surface area contributed by atoms with E-state index in [1.54, 1.807) is 0 Å². The molecule has 2 rings (SSSR count). The van der Waals surface area contributed by atoms with Crippen LogP contribution in [-0.2, 0) is 4.79 Å². The summed E-state index contributed by atoms with van der Waals surface area (Å²) in [4.78, 5) is 12.5. The highest BCUT2D eigenvalue weighted by atomic mass is 35.5. The Hall–Kier alpha value is -1.06. The normalized spacial score (nSPS) is 22.4. The van der Waals surface area contributed by atoms with E-state index in [0.717, 1.165) is 25.7 Å². The fourth-order valence-corrected chi connectivity index (χ4v) is 3.16. The molecule has 1 fully saturated rings. The summed E-state index contributed by atoms with van der Waals surface area (Å²) in [6.45, 7) is 4.81. The highest BCUT2D eigenvalue weighted by Crippen LogP contribution is 2.31. The molecule has 1 aliphatic rings. The summed E-state index contributed by atoms with van der Waals surface area (Å²) < 4.78 is 0. The first-order valence-electron chi connectivity index (χ1n) is 7.72. The lowest BCUT2D eigenvalue weighted by Crippen LogP contribution is -2.37. The fraction of sp³-hybridized carbons (Fsp3) is 0.588. The van der Waals surface area contributed by atoms with Crippen molar-refractivity contribution in [3.8, 4) is 0 Å². The van der Waals surface area contributed by atoms with Gasteiger partial charge in [-0.2, -0.15) is 0 Å². The highest BCUT2D eigenvalue weighted by molar-refractivity contribution is 5.85. The zero-order valence-corrected chi connectivity index (χ0v) is 13.8. The average molecular weight is 311 g/mol. The Kier molecular flexibility index (Phi) is 7.20. The third-order valence-electron chi connectivity index (χ3n) is 4.50. The molecule has 0 aromatic heterocycles. The van der Waals surface area contributed by atoms with Gasteiger partial charge in [-0.15, -0.1) is 12.4 Å². The van der Waals surface area contributed by atoms with Gasteiger partial charge in [0, 0.05) is 5.92 Å². The van der Waals surface area contributed by atoms with Gasteiger partial charge in [0.15, 0.2) is 0 Å². The minimum atomic E-state index is 0. The fourth-order valence-electron chi connectivity index (χ4n) is 3.16. The first-order valence-corrected chi connectivity index (χ1v) is 7.72. The molecule has 3 nitrogen and oxygen atoms in total. The molecule has 3 N–H and O–H groups in total. The molecule has 1 aliphatic carbocycles. The molecule has 0 radical (unpaired) electrons. The van der Waals surface area contributed by atoms with Crippen LogP contribution >= 0.6 is 12.4 Å². The Morgan fingerprint density at radius 3 is 2.57 bits per heavy atom. The van der Waals surface area contributed by atoms with Crippen LogP contribution in [0.15, 0.2) is 24.3 Å². The van der Waals surface area contributed by atoms with Crippen molar-refractivity contribution < 1.29 is 4.79 Å². The van der Waals surface area contributed by atoms with Crippen molar-refractivity contribution in [2.24, 2.45) is 17.6 Å². The van der Waals surface area contributed by atoms with E-state index in [-0.39, 0.29) is 30.3 Å². The molecule has 0 spiro atoms. The molecule has 4 heteroatoms. The number of amides is 1. The number of carbonyl (C=O) groups is 1. The molecule has 0 saturated heterocycles. The number of nitrogens with one attached hydrogen (secondary N) is 1. The summed E-state index contributed by atoms with van der Waals surface area (Å²) >= 11 is 0. The van der Waals surface area contributed by atoms with Crippen LogP contribution in [0.5, 0.6) is 0 Å². The van der Waals surface area contributed by atoms with Crippen LogP contribution in [0.3, 0.4) is 0 Å². The van der Waals surface area contributed by atoms with E-state index in [2.05, 4.69) is 43.4 Å². The second-order valence-electron chi connectivity index (χ2n) is 5.91.